The Bertz CT molecular complexity index is 564. The molecule has 1 N–H and O–H groups in total. The molecule has 1 rings (SSSR count). The summed E-state index contributed by atoms with van der Waals surface area (Å²) in [6.45, 7) is 2.32. The number of benzene rings is 1. The van der Waals surface area contributed by atoms with Gasteiger partial charge >= 0.3 is 0 Å². The molecule has 20 heavy (non-hydrogen) atoms. The third-order valence-corrected chi connectivity index (χ3v) is 3.61. The average molecular weight is 296 g/mol. The zero-order valence-corrected chi connectivity index (χ0v) is 12.6. The number of rotatable bonds is 8. The molecule has 0 heterocycles. The number of sulfone groups is 1. The van der Waals surface area contributed by atoms with Crippen LogP contribution in [0.5, 0.6) is 5.75 Å². The zero-order valence-electron chi connectivity index (χ0n) is 11.8. The maximum absolute atomic E-state index is 11.2. The van der Waals surface area contributed by atoms with Crippen molar-refractivity contribution in [3.63, 3.8) is 0 Å². The highest BCUT2D eigenvalue weighted by Gasteiger charge is 2.10. The Morgan fingerprint density at radius 3 is 2.85 bits per heavy atom. The second-order valence-electron chi connectivity index (χ2n) is 4.78. The van der Waals surface area contributed by atoms with Crippen LogP contribution in [0, 0.1) is 11.3 Å². The van der Waals surface area contributed by atoms with Crippen molar-refractivity contribution >= 4 is 15.5 Å². The lowest BCUT2D eigenvalue weighted by Gasteiger charge is -2.15. The molecule has 0 fully saturated rings. The molecule has 5 nitrogen and oxygen atoms in total. The SMILES string of the molecule is CC(CS(C)(=O)=O)Nc1cccc(OCCCC#N)c1. The van der Waals surface area contributed by atoms with E-state index in [2.05, 4.69) is 11.4 Å². The summed E-state index contributed by atoms with van der Waals surface area (Å²) in [5, 5.41) is 11.6. The van der Waals surface area contributed by atoms with Gasteiger partial charge in [-0.3, -0.25) is 0 Å². The quantitative estimate of drug-likeness (QED) is 0.744. The van der Waals surface area contributed by atoms with Crippen LogP contribution in [-0.4, -0.2) is 33.1 Å². The number of nitrogens with one attached hydrogen (secondary N) is 1. The van der Waals surface area contributed by atoms with Crippen LogP contribution < -0.4 is 10.1 Å². The van der Waals surface area contributed by atoms with E-state index in [9.17, 15) is 8.42 Å². The molecule has 0 aromatic heterocycles. The van der Waals surface area contributed by atoms with Crippen molar-refractivity contribution in [3.05, 3.63) is 24.3 Å². The first kappa shape index (κ1) is 16.3. The highest BCUT2D eigenvalue weighted by Crippen LogP contribution is 2.18. The summed E-state index contributed by atoms with van der Waals surface area (Å²) in [5.74, 6) is 0.791. The Labute approximate surface area is 120 Å². The third kappa shape index (κ3) is 7.00. The molecule has 0 aliphatic heterocycles. The fourth-order valence-electron chi connectivity index (χ4n) is 1.80. The van der Waals surface area contributed by atoms with Gasteiger partial charge in [0.2, 0.25) is 0 Å². The maximum atomic E-state index is 11.2. The largest absolute Gasteiger partial charge is 0.493 e. The number of anilines is 1. The van der Waals surface area contributed by atoms with Gasteiger partial charge in [0.1, 0.15) is 15.6 Å². The summed E-state index contributed by atoms with van der Waals surface area (Å²) in [6.07, 6.45) is 2.39. The Kier molecular flexibility index (Phi) is 6.32. The number of nitriles is 1. The predicted molar refractivity (Wildman–Crippen MR) is 79.6 cm³/mol. The monoisotopic (exact) mass is 296 g/mol. The second-order valence-corrected chi connectivity index (χ2v) is 6.96. The number of ether oxygens (including phenoxy) is 1. The van der Waals surface area contributed by atoms with Crippen molar-refractivity contribution in [2.24, 2.45) is 0 Å². The predicted octanol–water partition coefficient (Wildman–Crippen LogP) is 2.21. The molecular formula is C14H20N2O3S. The zero-order chi connectivity index (χ0) is 15.0. The van der Waals surface area contributed by atoms with E-state index in [0.29, 0.717) is 25.2 Å². The molecule has 1 aromatic carbocycles. The van der Waals surface area contributed by atoms with Crippen LogP contribution in [-0.2, 0) is 9.84 Å². The summed E-state index contributed by atoms with van der Waals surface area (Å²) < 4.78 is 27.9. The molecule has 0 saturated carbocycles. The molecule has 0 amide bonds. The second kappa shape index (κ2) is 7.75. The van der Waals surface area contributed by atoms with Gasteiger partial charge in [0.15, 0.2) is 0 Å². The highest BCUT2D eigenvalue weighted by atomic mass is 32.2. The van der Waals surface area contributed by atoms with Gasteiger partial charge in [-0.15, -0.1) is 0 Å². The van der Waals surface area contributed by atoms with Crippen LogP contribution in [0.4, 0.5) is 5.69 Å². The molecule has 6 heteroatoms. The minimum absolute atomic E-state index is 0.0836. The standard InChI is InChI=1S/C14H20N2O3S/c1-12(11-20(2,17)18)16-13-6-5-7-14(10-13)19-9-4-3-8-15/h5-7,10,12,16H,3-4,9,11H2,1-2H3. The van der Waals surface area contributed by atoms with E-state index in [1.165, 1.54) is 6.26 Å². The van der Waals surface area contributed by atoms with E-state index < -0.39 is 9.84 Å². The molecule has 1 unspecified atom stereocenters. The van der Waals surface area contributed by atoms with Crippen LogP contribution in [0.15, 0.2) is 24.3 Å². The van der Waals surface area contributed by atoms with E-state index in [0.717, 1.165) is 5.69 Å². The minimum atomic E-state index is -3.00. The van der Waals surface area contributed by atoms with Crippen LogP contribution >= 0.6 is 0 Å². The third-order valence-electron chi connectivity index (χ3n) is 2.50. The van der Waals surface area contributed by atoms with Crippen LogP contribution in [0.1, 0.15) is 19.8 Å². The molecule has 0 aliphatic carbocycles. The molecular weight excluding hydrogens is 276 g/mol. The number of nitrogens with zero attached hydrogens (tertiary/aromatic N) is 1. The smallest absolute Gasteiger partial charge is 0.149 e. The average Bonchev–Trinajstić information content (AvgIpc) is 2.32. The molecule has 0 radical (unpaired) electrons. The first-order chi connectivity index (χ1) is 9.40. The Hall–Kier alpha value is -1.74. The lowest BCUT2D eigenvalue weighted by molar-refractivity contribution is 0.313. The molecule has 1 atom stereocenters. The van der Waals surface area contributed by atoms with Gasteiger partial charge in [0.05, 0.1) is 18.4 Å². The van der Waals surface area contributed by atoms with Gasteiger partial charge in [-0.25, -0.2) is 8.42 Å². The Morgan fingerprint density at radius 2 is 2.20 bits per heavy atom. The fraction of sp³-hybridized carbons (Fsp3) is 0.500. The topological polar surface area (TPSA) is 79.2 Å². The van der Waals surface area contributed by atoms with Gasteiger partial charge in [0, 0.05) is 30.5 Å². The molecule has 0 saturated heterocycles. The summed E-state index contributed by atoms with van der Waals surface area (Å²) in [6, 6.07) is 9.26. The molecule has 1 aromatic rings. The first-order valence-electron chi connectivity index (χ1n) is 6.45. The summed E-state index contributed by atoms with van der Waals surface area (Å²) in [5.41, 5.74) is 0.818. The van der Waals surface area contributed by atoms with E-state index >= 15 is 0 Å². The van der Waals surface area contributed by atoms with Crippen molar-refractivity contribution in [1.82, 2.24) is 0 Å². The molecule has 0 spiro atoms. The van der Waals surface area contributed by atoms with Gasteiger partial charge in [0.25, 0.3) is 0 Å². The highest BCUT2D eigenvalue weighted by molar-refractivity contribution is 7.90. The van der Waals surface area contributed by atoms with Crippen molar-refractivity contribution in [1.29, 1.82) is 5.26 Å². The molecule has 0 aliphatic rings. The van der Waals surface area contributed by atoms with Crippen molar-refractivity contribution in [2.75, 3.05) is 23.9 Å². The lowest BCUT2D eigenvalue weighted by atomic mass is 10.2. The van der Waals surface area contributed by atoms with Crippen molar-refractivity contribution < 1.29 is 13.2 Å². The summed E-state index contributed by atoms with van der Waals surface area (Å²) >= 11 is 0. The summed E-state index contributed by atoms with van der Waals surface area (Å²) in [7, 11) is -3.00. The van der Waals surface area contributed by atoms with Crippen LogP contribution in [0.25, 0.3) is 0 Å². The maximum Gasteiger partial charge on any atom is 0.149 e. The fourth-order valence-corrected chi connectivity index (χ4v) is 2.79. The number of hydrogen-bond donors (Lipinski definition) is 1. The number of hydrogen-bond acceptors (Lipinski definition) is 5. The van der Waals surface area contributed by atoms with E-state index in [-0.39, 0.29) is 11.8 Å². The summed E-state index contributed by atoms with van der Waals surface area (Å²) in [4.78, 5) is 0. The van der Waals surface area contributed by atoms with Crippen molar-refractivity contribution in [2.45, 2.75) is 25.8 Å². The van der Waals surface area contributed by atoms with Gasteiger partial charge in [-0.2, -0.15) is 5.26 Å². The number of unbranched alkanes of at least 4 members (excludes halogenated alkanes) is 1. The minimum Gasteiger partial charge on any atom is -0.493 e. The van der Waals surface area contributed by atoms with E-state index in [1.807, 2.05) is 31.2 Å². The van der Waals surface area contributed by atoms with E-state index in [4.69, 9.17) is 10.00 Å². The van der Waals surface area contributed by atoms with Crippen LogP contribution in [0.2, 0.25) is 0 Å². The lowest BCUT2D eigenvalue weighted by Crippen LogP contribution is -2.24. The van der Waals surface area contributed by atoms with Gasteiger partial charge in [-0.1, -0.05) is 6.07 Å². The molecule has 0 bridgehead atoms. The normalized spacial score (nSPS) is 12.4. The van der Waals surface area contributed by atoms with E-state index in [1.54, 1.807) is 0 Å². The van der Waals surface area contributed by atoms with Gasteiger partial charge < -0.3 is 10.1 Å². The first-order valence-corrected chi connectivity index (χ1v) is 8.51. The Balaban J connectivity index is 2.53. The Morgan fingerprint density at radius 1 is 1.45 bits per heavy atom. The van der Waals surface area contributed by atoms with Crippen LogP contribution in [0.3, 0.4) is 0 Å². The van der Waals surface area contributed by atoms with Gasteiger partial charge in [-0.05, 0) is 25.5 Å². The molecule has 110 valence electrons. The van der Waals surface area contributed by atoms with Crippen molar-refractivity contribution in [3.8, 4) is 11.8 Å².